The Kier molecular flexibility index (Phi) is 4.91. The van der Waals surface area contributed by atoms with E-state index in [-0.39, 0.29) is 5.91 Å². The molecule has 1 fully saturated rings. The number of piperidine rings is 1. The molecule has 1 aromatic heterocycles. The molecular formula is C15H23N3O. The monoisotopic (exact) mass is 261 g/mol. The Bertz CT molecular complexity index is 425. The number of amides is 1. The highest BCUT2D eigenvalue weighted by molar-refractivity contribution is 5.93. The highest BCUT2D eigenvalue weighted by Gasteiger charge is 2.24. The number of carbonyl (C=O) groups is 1. The van der Waals surface area contributed by atoms with Crippen LogP contribution in [0.2, 0.25) is 0 Å². The maximum absolute atomic E-state index is 12.4. The van der Waals surface area contributed by atoms with Crippen LogP contribution in [0.1, 0.15) is 35.3 Å². The largest absolute Gasteiger partial charge is 0.337 e. The van der Waals surface area contributed by atoms with Crippen molar-refractivity contribution in [1.29, 1.82) is 0 Å². The molecule has 0 radical (unpaired) electrons. The third-order valence-corrected chi connectivity index (χ3v) is 3.92. The normalized spacial score (nSPS) is 16.6. The number of likely N-dealkylation sites (tertiary alicyclic amines) is 1. The summed E-state index contributed by atoms with van der Waals surface area (Å²) in [5.74, 6) is 0.839. The average molecular weight is 261 g/mol. The Morgan fingerprint density at radius 1 is 1.47 bits per heavy atom. The van der Waals surface area contributed by atoms with E-state index in [9.17, 15) is 4.79 Å². The highest BCUT2D eigenvalue weighted by atomic mass is 16.2. The summed E-state index contributed by atoms with van der Waals surface area (Å²) in [6, 6.07) is 3.82. The Morgan fingerprint density at radius 2 is 2.21 bits per heavy atom. The Morgan fingerprint density at radius 3 is 2.84 bits per heavy atom. The Labute approximate surface area is 115 Å². The van der Waals surface area contributed by atoms with Crippen molar-refractivity contribution in [2.24, 2.45) is 5.92 Å². The Balaban J connectivity index is 1.91. The topological polar surface area (TPSA) is 45.2 Å². The molecule has 0 spiro atoms. The first-order valence-corrected chi connectivity index (χ1v) is 7.08. The van der Waals surface area contributed by atoms with Crippen molar-refractivity contribution in [3.05, 3.63) is 29.6 Å². The zero-order chi connectivity index (χ0) is 13.7. The maximum Gasteiger partial charge on any atom is 0.272 e. The lowest BCUT2D eigenvalue weighted by Crippen LogP contribution is -2.39. The van der Waals surface area contributed by atoms with Crippen molar-refractivity contribution in [2.45, 2.75) is 26.2 Å². The molecule has 0 saturated carbocycles. The van der Waals surface area contributed by atoms with Crippen LogP contribution in [0.5, 0.6) is 0 Å². The van der Waals surface area contributed by atoms with E-state index in [1.165, 1.54) is 6.42 Å². The minimum absolute atomic E-state index is 0.0881. The SMILES string of the molecule is CNCCC1CCN(C(=O)c2ncccc2C)CC1. The molecule has 0 aliphatic carbocycles. The molecule has 0 unspecified atom stereocenters. The second-order valence-corrected chi connectivity index (χ2v) is 5.30. The van der Waals surface area contributed by atoms with Crippen LogP contribution in [0.25, 0.3) is 0 Å². The van der Waals surface area contributed by atoms with Gasteiger partial charge in [-0.25, -0.2) is 0 Å². The molecule has 1 aliphatic heterocycles. The van der Waals surface area contributed by atoms with Gasteiger partial charge in [0.25, 0.3) is 5.91 Å². The molecule has 0 atom stereocenters. The van der Waals surface area contributed by atoms with Crippen molar-refractivity contribution in [3.63, 3.8) is 0 Å². The predicted molar refractivity (Wildman–Crippen MR) is 76.1 cm³/mol. The number of nitrogens with one attached hydrogen (secondary N) is 1. The maximum atomic E-state index is 12.4. The van der Waals surface area contributed by atoms with Gasteiger partial charge in [0.15, 0.2) is 0 Å². The van der Waals surface area contributed by atoms with Crippen LogP contribution in [-0.2, 0) is 0 Å². The highest BCUT2D eigenvalue weighted by Crippen LogP contribution is 2.21. The standard InChI is InChI=1S/C15H23N3O/c1-12-4-3-8-17-14(12)15(19)18-10-6-13(7-11-18)5-9-16-2/h3-4,8,13,16H,5-7,9-11H2,1-2H3. The molecule has 2 heterocycles. The fraction of sp³-hybridized carbons (Fsp3) is 0.600. The van der Waals surface area contributed by atoms with Crippen molar-refractivity contribution >= 4 is 5.91 Å². The van der Waals surface area contributed by atoms with E-state index in [4.69, 9.17) is 0 Å². The van der Waals surface area contributed by atoms with Gasteiger partial charge in [0.05, 0.1) is 0 Å². The van der Waals surface area contributed by atoms with Gasteiger partial charge in [-0.1, -0.05) is 6.07 Å². The van der Waals surface area contributed by atoms with Gasteiger partial charge >= 0.3 is 0 Å². The summed E-state index contributed by atoms with van der Waals surface area (Å²) in [4.78, 5) is 18.6. The van der Waals surface area contributed by atoms with Crippen LogP contribution in [0.3, 0.4) is 0 Å². The first-order valence-electron chi connectivity index (χ1n) is 7.08. The third kappa shape index (κ3) is 3.53. The van der Waals surface area contributed by atoms with E-state index < -0.39 is 0 Å². The quantitative estimate of drug-likeness (QED) is 0.899. The van der Waals surface area contributed by atoms with Gasteiger partial charge in [0, 0.05) is 19.3 Å². The lowest BCUT2D eigenvalue weighted by Gasteiger charge is -2.32. The van der Waals surface area contributed by atoms with E-state index in [2.05, 4.69) is 10.3 Å². The summed E-state index contributed by atoms with van der Waals surface area (Å²) in [6.45, 7) is 4.74. The smallest absolute Gasteiger partial charge is 0.272 e. The van der Waals surface area contributed by atoms with E-state index in [0.29, 0.717) is 5.69 Å². The number of rotatable bonds is 4. The first-order chi connectivity index (χ1) is 9.22. The fourth-order valence-corrected chi connectivity index (χ4v) is 2.63. The molecule has 2 rings (SSSR count). The van der Waals surface area contributed by atoms with Gasteiger partial charge in [-0.15, -0.1) is 0 Å². The lowest BCUT2D eigenvalue weighted by atomic mass is 9.93. The third-order valence-electron chi connectivity index (χ3n) is 3.92. The van der Waals surface area contributed by atoms with E-state index >= 15 is 0 Å². The number of pyridine rings is 1. The molecule has 1 aliphatic rings. The zero-order valence-electron chi connectivity index (χ0n) is 11.9. The number of hydrogen-bond acceptors (Lipinski definition) is 3. The van der Waals surface area contributed by atoms with Crippen LogP contribution in [0.15, 0.2) is 18.3 Å². The van der Waals surface area contributed by atoms with Crippen LogP contribution in [0.4, 0.5) is 0 Å². The van der Waals surface area contributed by atoms with Crippen molar-refractivity contribution in [2.75, 3.05) is 26.7 Å². The zero-order valence-corrected chi connectivity index (χ0v) is 11.9. The molecule has 19 heavy (non-hydrogen) atoms. The molecule has 0 bridgehead atoms. The van der Waals surface area contributed by atoms with Crippen molar-refractivity contribution in [1.82, 2.24) is 15.2 Å². The van der Waals surface area contributed by atoms with Gasteiger partial charge in [0.1, 0.15) is 5.69 Å². The summed E-state index contributed by atoms with van der Waals surface area (Å²) in [5, 5.41) is 3.19. The number of hydrogen-bond donors (Lipinski definition) is 1. The first kappa shape index (κ1) is 14.0. The molecule has 4 heteroatoms. The molecule has 1 aromatic rings. The van der Waals surface area contributed by atoms with Crippen LogP contribution in [-0.4, -0.2) is 42.5 Å². The lowest BCUT2D eigenvalue weighted by molar-refractivity contribution is 0.0680. The number of aromatic nitrogens is 1. The fourth-order valence-electron chi connectivity index (χ4n) is 2.63. The summed E-state index contributed by atoms with van der Waals surface area (Å²) in [7, 11) is 1.99. The summed E-state index contributed by atoms with van der Waals surface area (Å²) in [6.07, 6.45) is 5.12. The predicted octanol–water partition coefficient (Wildman–Crippen LogP) is 1.85. The molecule has 4 nitrogen and oxygen atoms in total. The van der Waals surface area contributed by atoms with Gasteiger partial charge < -0.3 is 10.2 Å². The number of nitrogens with zero attached hydrogens (tertiary/aromatic N) is 2. The van der Waals surface area contributed by atoms with E-state index in [1.54, 1.807) is 6.20 Å². The number of aryl methyl sites for hydroxylation is 1. The van der Waals surface area contributed by atoms with Crippen LogP contribution in [0, 0.1) is 12.8 Å². The molecule has 104 valence electrons. The van der Waals surface area contributed by atoms with Gasteiger partial charge in [-0.3, -0.25) is 9.78 Å². The second kappa shape index (κ2) is 6.66. The molecule has 1 N–H and O–H groups in total. The van der Waals surface area contributed by atoms with Crippen molar-refractivity contribution < 1.29 is 4.79 Å². The summed E-state index contributed by atoms with van der Waals surface area (Å²) >= 11 is 0. The van der Waals surface area contributed by atoms with Crippen molar-refractivity contribution in [3.8, 4) is 0 Å². The minimum atomic E-state index is 0.0881. The summed E-state index contributed by atoms with van der Waals surface area (Å²) in [5.41, 5.74) is 1.57. The second-order valence-electron chi connectivity index (χ2n) is 5.30. The van der Waals surface area contributed by atoms with Crippen LogP contribution < -0.4 is 5.32 Å². The van der Waals surface area contributed by atoms with Crippen LogP contribution >= 0.6 is 0 Å². The summed E-state index contributed by atoms with van der Waals surface area (Å²) < 4.78 is 0. The van der Waals surface area contributed by atoms with Gasteiger partial charge in [0.2, 0.25) is 0 Å². The number of carbonyl (C=O) groups excluding carboxylic acids is 1. The molecule has 1 amide bonds. The Hall–Kier alpha value is -1.42. The molecule has 0 aromatic carbocycles. The van der Waals surface area contributed by atoms with E-state index in [1.807, 2.05) is 31.0 Å². The average Bonchev–Trinajstić information content (AvgIpc) is 2.45. The molecular weight excluding hydrogens is 238 g/mol. The van der Waals surface area contributed by atoms with Gasteiger partial charge in [-0.2, -0.15) is 0 Å². The van der Waals surface area contributed by atoms with E-state index in [0.717, 1.165) is 44.0 Å². The molecule has 1 saturated heterocycles. The van der Waals surface area contributed by atoms with Gasteiger partial charge in [-0.05, 0) is 57.3 Å². The minimum Gasteiger partial charge on any atom is -0.337 e.